The highest BCUT2D eigenvalue weighted by Gasteiger charge is 2.19. The van der Waals surface area contributed by atoms with Gasteiger partial charge in [0.15, 0.2) is 5.82 Å². The second kappa shape index (κ2) is 5.89. The summed E-state index contributed by atoms with van der Waals surface area (Å²) in [5.41, 5.74) is 2.42. The molecule has 4 aromatic rings. The number of benzene rings is 2. The average Bonchev–Trinajstić information content (AvgIpc) is 2.99. The van der Waals surface area contributed by atoms with Gasteiger partial charge in [-0.3, -0.25) is 4.57 Å². The highest BCUT2D eigenvalue weighted by molar-refractivity contribution is 6.33. The molecule has 2 heterocycles. The maximum absolute atomic E-state index is 14.4. The van der Waals surface area contributed by atoms with Crippen molar-refractivity contribution < 1.29 is 8.78 Å². The molecule has 0 saturated heterocycles. The lowest BCUT2D eigenvalue weighted by molar-refractivity contribution is 0.589. The normalized spacial score (nSPS) is 11.2. The highest BCUT2D eigenvalue weighted by atomic mass is 35.5. The second-order valence-electron chi connectivity index (χ2n) is 5.51. The van der Waals surface area contributed by atoms with Crippen molar-refractivity contribution in [3.63, 3.8) is 0 Å². The van der Waals surface area contributed by atoms with Crippen molar-refractivity contribution in [1.82, 2.24) is 19.5 Å². The summed E-state index contributed by atoms with van der Waals surface area (Å²) in [7, 11) is 0. The Balaban J connectivity index is 2.06. The summed E-state index contributed by atoms with van der Waals surface area (Å²) < 4.78 is 29.3. The van der Waals surface area contributed by atoms with Crippen LogP contribution in [-0.4, -0.2) is 19.5 Å². The molecule has 0 unspecified atom stereocenters. The first-order chi connectivity index (χ1) is 12.1. The molecule has 0 amide bonds. The van der Waals surface area contributed by atoms with Gasteiger partial charge in [0.25, 0.3) is 0 Å². The van der Waals surface area contributed by atoms with Crippen LogP contribution < -0.4 is 0 Å². The molecule has 0 saturated carbocycles. The first-order valence-electron chi connectivity index (χ1n) is 7.45. The SMILES string of the molecule is Cc1ncnc(-n2cnc3cc(F)cc(F)c32)c1-c1ccccc1Cl. The molecule has 7 heteroatoms. The molecule has 0 aliphatic rings. The third kappa shape index (κ3) is 2.55. The van der Waals surface area contributed by atoms with E-state index in [2.05, 4.69) is 15.0 Å². The van der Waals surface area contributed by atoms with Gasteiger partial charge in [-0.15, -0.1) is 0 Å². The zero-order valence-corrected chi connectivity index (χ0v) is 13.8. The van der Waals surface area contributed by atoms with Crippen LogP contribution in [0, 0.1) is 18.6 Å². The molecule has 0 spiro atoms. The maximum atomic E-state index is 14.4. The van der Waals surface area contributed by atoms with Crippen molar-refractivity contribution >= 4 is 22.6 Å². The Morgan fingerprint density at radius 1 is 1.04 bits per heavy atom. The number of nitrogens with zero attached hydrogens (tertiary/aromatic N) is 4. The van der Waals surface area contributed by atoms with E-state index in [0.29, 0.717) is 22.1 Å². The van der Waals surface area contributed by atoms with E-state index in [0.717, 1.165) is 11.6 Å². The van der Waals surface area contributed by atoms with Gasteiger partial charge in [-0.1, -0.05) is 29.8 Å². The molecule has 2 aromatic carbocycles. The first kappa shape index (κ1) is 15.7. The van der Waals surface area contributed by atoms with Crippen LogP contribution in [0.1, 0.15) is 5.69 Å². The minimum atomic E-state index is -0.714. The lowest BCUT2D eigenvalue weighted by atomic mass is 10.0. The molecule has 4 nitrogen and oxygen atoms in total. The lowest BCUT2D eigenvalue weighted by Gasteiger charge is -2.13. The number of hydrogen-bond acceptors (Lipinski definition) is 3. The minimum absolute atomic E-state index is 0.146. The Hall–Kier alpha value is -2.86. The van der Waals surface area contributed by atoms with Crippen LogP contribution >= 0.6 is 11.6 Å². The summed E-state index contributed by atoms with van der Waals surface area (Å²) in [5, 5.41) is 0.526. The Labute approximate surface area is 146 Å². The summed E-state index contributed by atoms with van der Waals surface area (Å²) in [6, 6.07) is 9.27. The van der Waals surface area contributed by atoms with Crippen molar-refractivity contribution in [3.05, 3.63) is 71.4 Å². The molecule has 0 N–H and O–H groups in total. The monoisotopic (exact) mass is 356 g/mol. The van der Waals surface area contributed by atoms with Crippen LogP contribution in [-0.2, 0) is 0 Å². The predicted molar refractivity (Wildman–Crippen MR) is 91.8 cm³/mol. The average molecular weight is 357 g/mol. The zero-order valence-electron chi connectivity index (χ0n) is 13.0. The van der Waals surface area contributed by atoms with E-state index < -0.39 is 11.6 Å². The van der Waals surface area contributed by atoms with E-state index in [9.17, 15) is 8.78 Å². The Bertz CT molecular complexity index is 1110. The highest BCUT2D eigenvalue weighted by Crippen LogP contribution is 2.34. The van der Waals surface area contributed by atoms with Crippen molar-refractivity contribution in [2.24, 2.45) is 0 Å². The largest absolute Gasteiger partial charge is 0.279 e. The first-order valence-corrected chi connectivity index (χ1v) is 7.83. The topological polar surface area (TPSA) is 43.6 Å². The molecule has 0 aliphatic carbocycles. The standard InChI is InChI=1S/C18H11ClF2N4/c1-10-16(12-4-2-3-5-13(12)19)18(23-8-22-10)25-9-24-15-7-11(20)6-14(21)17(15)25/h2-9H,1H3. The van der Waals surface area contributed by atoms with E-state index in [1.807, 2.05) is 25.1 Å². The lowest BCUT2D eigenvalue weighted by Crippen LogP contribution is -2.04. The van der Waals surface area contributed by atoms with Crippen LogP contribution in [0.15, 0.2) is 49.1 Å². The molecular formula is C18H11ClF2N4. The van der Waals surface area contributed by atoms with Crippen molar-refractivity contribution in [2.45, 2.75) is 6.92 Å². The van der Waals surface area contributed by atoms with Crippen LogP contribution in [0.3, 0.4) is 0 Å². The smallest absolute Gasteiger partial charge is 0.152 e. The summed E-state index contributed by atoms with van der Waals surface area (Å²) in [4.78, 5) is 12.6. The Morgan fingerprint density at radius 2 is 1.84 bits per heavy atom. The van der Waals surface area contributed by atoms with Crippen LogP contribution in [0.4, 0.5) is 8.78 Å². The van der Waals surface area contributed by atoms with Gasteiger partial charge in [0.05, 0.1) is 11.2 Å². The van der Waals surface area contributed by atoms with Gasteiger partial charge in [-0.25, -0.2) is 23.7 Å². The molecule has 0 atom stereocenters. The molecule has 25 heavy (non-hydrogen) atoms. The maximum Gasteiger partial charge on any atom is 0.152 e. The van der Waals surface area contributed by atoms with Gasteiger partial charge in [0, 0.05) is 28.3 Å². The number of rotatable bonds is 2. The summed E-state index contributed by atoms with van der Waals surface area (Å²) in [6.07, 6.45) is 2.80. The Kier molecular flexibility index (Phi) is 3.69. The Morgan fingerprint density at radius 3 is 2.64 bits per heavy atom. The van der Waals surface area contributed by atoms with E-state index in [1.54, 1.807) is 6.07 Å². The van der Waals surface area contributed by atoms with Gasteiger partial charge in [0.1, 0.15) is 29.8 Å². The van der Waals surface area contributed by atoms with Gasteiger partial charge in [-0.05, 0) is 13.0 Å². The minimum Gasteiger partial charge on any atom is -0.279 e. The second-order valence-corrected chi connectivity index (χ2v) is 5.91. The van der Waals surface area contributed by atoms with E-state index in [4.69, 9.17) is 11.6 Å². The van der Waals surface area contributed by atoms with Gasteiger partial charge < -0.3 is 0 Å². The number of fused-ring (bicyclic) bond motifs is 1. The summed E-state index contributed by atoms with van der Waals surface area (Å²) in [6.45, 7) is 1.82. The fourth-order valence-corrected chi connectivity index (χ4v) is 3.08. The van der Waals surface area contributed by atoms with E-state index in [-0.39, 0.29) is 11.0 Å². The molecule has 0 fully saturated rings. The van der Waals surface area contributed by atoms with Crippen LogP contribution in [0.5, 0.6) is 0 Å². The molecule has 4 rings (SSSR count). The molecule has 0 aliphatic heterocycles. The van der Waals surface area contributed by atoms with Gasteiger partial charge in [-0.2, -0.15) is 0 Å². The third-order valence-electron chi connectivity index (χ3n) is 3.95. The fourth-order valence-electron chi connectivity index (χ4n) is 2.85. The third-order valence-corrected chi connectivity index (χ3v) is 4.28. The number of aryl methyl sites for hydroxylation is 1. The summed E-state index contributed by atoms with van der Waals surface area (Å²) >= 11 is 6.33. The number of halogens is 3. The zero-order chi connectivity index (χ0) is 17.6. The van der Waals surface area contributed by atoms with Gasteiger partial charge in [0.2, 0.25) is 0 Å². The quantitative estimate of drug-likeness (QED) is 0.522. The summed E-state index contributed by atoms with van der Waals surface area (Å²) in [5.74, 6) is -0.970. The fraction of sp³-hybridized carbons (Fsp3) is 0.0556. The van der Waals surface area contributed by atoms with E-state index in [1.165, 1.54) is 23.3 Å². The molecule has 0 radical (unpaired) electrons. The molecule has 2 aromatic heterocycles. The molecule has 124 valence electrons. The van der Waals surface area contributed by atoms with Gasteiger partial charge >= 0.3 is 0 Å². The van der Waals surface area contributed by atoms with E-state index >= 15 is 0 Å². The van der Waals surface area contributed by atoms with Crippen molar-refractivity contribution in [2.75, 3.05) is 0 Å². The van der Waals surface area contributed by atoms with Crippen molar-refractivity contribution in [1.29, 1.82) is 0 Å². The van der Waals surface area contributed by atoms with Crippen molar-refractivity contribution in [3.8, 4) is 16.9 Å². The van der Waals surface area contributed by atoms with Crippen LogP contribution in [0.25, 0.3) is 28.0 Å². The predicted octanol–water partition coefficient (Wildman–Crippen LogP) is 4.72. The molecule has 0 bridgehead atoms. The number of hydrogen-bond donors (Lipinski definition) is 0. The number of aromatic nitrogens is 4. The number of imidazole rings is 1. The molecular weight excluding hydrogens is 346 g/mol. The van der Waals surface area contributed by atoms with Crippen LogP contribution in [0.2, 0.25) is 5.02 Å².